The second-order valence-corrected chi connectivity index (χ2v) is 10.9. The van der Waals surface area contributed by atoms with E-state index in [1.54, 1.807) is 23.4 Å². The van der Waals surface area contributed by atoms with Crippen LogP contribution in [0.2, 0.25) is 0 Å². The first kappa shape index (κ1) is 27.3. The highest BCUT2D eigenvalue weighted by atomic mass is 16.5. The molecule has 2 aliphatic heterocycles. The second-order valence-electron chi connectivity index (χ2n) is 10.9. The molecule has 0 bridgehead atoms. The van der Waals surface area contributed by atoms with Gasteiger partial charge in [0.25, 0.3) is 0 Å². The van der Waals surface area contributed by atoms with Crippen LogP contribution in [0.15, 0.2) is 77.7 Å². The normalized spacial score (nSPS) is 20.5. The van der Waals surface area contributed by atoms with E-state index in [4.69, 9.17) is 20.3 Å². The number of benzene rings is 2. The molecule has 3 aromatic rings. The molecule has 1 aliphatic carbocycles. The van der Waals surface area contributed by atoms with Crippen molar-refractivity contribution in [3.63, 3.8) is 0 Å². The summed E-state index contributed by atoms with van der Waals surface area (Å²) in [6.45, 7) is 3.92. The summed E-state index contributed by atoms with van der Waals surface area (Å²) in [5, 5.41) is 15.4. The van der Waals surface area contributed by atoms with Crippen molar-refractivity contribution >= 4 is 17.6 Å². The minimum atomic E-state index is -1.87. The SMILES string of the molecule is CCOC(=O)C1=C(c2ccccc2)N(C2CCCCC2)C(=O)C12C(C#N)=C(N)Oc1c2c(C)nn1Cc1ccccc1. The minimum absolute atomic E-state index is 0.0811. The lowest BCUT2D eigenvalue weighted by molar-refractivity contribution is -0.141. The van der Waals surface area contributed by atoms with Crippen molar-refractivity contribution in [2.75, 3.05) is 6.61 Å². The Kier molecular flexibility index (Phi) is 7.07. The number of hydrogen-bond acceptors (Lipinski definition) is 7. The van der Waals surface area contributed by atoms with E-state index in [1.165, 1.54) is 0 Å². The lowest BCUT2D eigenvalue weighted by Crippen LogP contribution is -2.49. The van der Waals surface area contributed by atoms with Crippen molar-refractivity contribution in [1.82, 2.24) is 14.7 Å². The number of nitriles is 1. The molecule has 1 spiro atoms. The number of aryl methyl sites for hydroxylation is 1. The average Bonchev–Trinajstić information content (AvgIpc) is 3.45. The van der Waals surface area contributed by atoms with Crippen LogP contribution in [0.1, 0.15) is 61.4 Å². The fraction of sp³-hybridized carbons (Fsp3) is 0.333. The maximum Gasteiger partial charge on any atom is 0.337 e. The zero-order chi connectivity index (χ0) is 29.4. The lowest BCUT2D eigenvalue weighted by atomic mass is 9.68. The number of aromatic nitrogens is 2. The van der Waals surface area contributed by atoms with E-state index in [-0.39, 0.29) is 35.6 Å². The smallest absolute Gasteiger partial charge is 0.337 e. The van der Waals surface area contributed by atoms with Crippen molar-refractivity contribution in [3.05, 3.63) is 100 Å². The van der Waals surface area contributed by atoms with Gasteiger partial charge in [0.1, 0.15) is 11.6 Å². The van der Waals surface area contributed by atoms with Gasteiger partial charge in [0.15, 0.2) is 5.41 Å². The number of ether oxygens (including phenoxy) is 2. The Morgan fingerprint density at radius 3 is 2.43 bits per heavy atom. The summed E-state index contributed by atoms with van der Waals surface area (Å²) < 4.78 is 13.4. The highest BCUT2D eigenvalue weighted by Crippen LogP contribution is 2.57. The number of fused-ring (bicyclic) bond motifs is 2. The summed E-state index contributed by atoms with van der Waals surface area (Å²) >= 11 is 0. The summed E-state index contributed by atoms with van der Waals surface area (Å²) in [6, 6.07) is 21.1. The van der Waals surface area contributed by atoms with Crippen LogP contribution in [0, 0.1) is 18.3 Å². The third kappa shape index (κ3) is 4.09. The first-order chi connectivity index (χ1) is 20.4. The topological polar surface area (TPSA) is 123 Å². The number of amides is 1. The van der Waals surface area contributed by atoms with Gasteiger partial charge in [0, 0.05) is 6.04 Å². The molecule has 2 aromatic carbocycles. The molecule has 3 aliphatic rings. The maximum atomic E-state index is 15.2. The van der Waals surface area contributed by atoms with E-state index in [1.807, 2.05) is 60.7 Å². The average molecular weight is 564 g/mol. The first-order valence-electron chi connectivity index (χ1n) is 14.4. The Morgan fingerprint density at radius 2 is 1.79 bits per heavy atom. The number of rotatable bonds is 6. The van der Waals surface area contributed by atoms with Gasteiger partial charge < -0.3 is 20.1 Å². The Balaban J connectivity index is 1.69. The molecule has 6 rings (SSSR count). The van der Waals surface area contributed by atoms with Gasteiger partial charge in [0.2, 0.25) is 17.7 Å². The molecule has 1 amide bonds. The van der Waals surface area contributed by atoms with Crippen LogP contribution in [0.4, 0.5) is 0 Å². The van der Waals surface area contributed by atoms with Crippen LogP contribution in [0.25, 0.3) is 5.70 Å². The van der Waals surface area contributed by atoms with Gasteiger partial charge in [-0.15, -0.1) is 0 Å². The molecule has 1 atom stereocenters. The van der Waals surface area contributed by atoms with Gasteiger partial charge >= 0.3 is 5.97 Å². The van der Waals surface area contributed by atoms with E-state index in [0.717, 1.165) is 37.7 Å². The van der Waals surface area contributed by atoms with E-state index in [9.17, 15) is 10.1 Å². The molecule has 1 aromatic heterocycles. The first-order valence-corrected chi connectivity index (χ1v) is 14.4. The quantitative estimate of drug-likeness (QED) is 0.431. The van der Waals surface area contributed by atoms with E-state index >= 15 is 4.79 Å². The molecule has 0 saturated heterocycles. The van der Waals surface area contributed by atoms with Crippen molar-refractivity contribution in [2.45, 2.75) is 64.0 Å². The Bertz CT molecular complexity index is 1640. The molecule has 3 heterocycles. The number of carbonyl (C=O) groups is 2. The molecule has 9 heteroatoms. The molecule has 1 unspecified atom stereocenters. The van der Waals surface area contributed by atoms with Crippen molar-refractivity contribution in [1.29, 1.82) is 5.26 Å². The van der Waals surface area contributed by atoms with Crippen LogP contribution < -0.4 is 10.5 Å². The zero-order valence-electron chi connectivity index (χ0n) is 23.8. The molecule has 2 N–H and O–H groups in total. The summed E-state index contributed by atoms with van der Waals surface area (Å²) in [5.74, 6) is -1.07. The lowest BCUT2D eigenvalue weighted by Gasteiger charge is -2.37. The maximum absolute atomic E-state index is 15.2. The Hall–Kier alpha value is -4.84. The van der Waals surface area contributed by atoms with Gasteiger partial charge in [0.05, 0.1) is 35.7 Å². The van der Waals surface area contributed by atoms with E-state index in [0.29, 0.717) is 29.1 Å². The summed E-state index contributed by atoms with van der Waals surface area (Å²) in [6.07, 6.45) is 4.57. The molecule has 42 heavy (non-hydrogen) atoms. The second kappa shape index (κ2) is 10.9. The number of nitrogens with two attached hydrogens (primary N) is 1. The van der Waals surface area contributed by atoms with Gasteiger partial charge in [-0.3, -0.25) is 4.79 Å². The fourth-order valence-corrected chi connectivity index (χ4v) is 6.73. The van der Waals surface area contributed by atoms with Crippen molar-refractivity contribution in [2.24, 2.45) is 5.73 Å². The van der Waals surface area contributed by atoms with Crippen LogP contribution in [0.3, 0.4) is 0 Å². The van der Waals surface area contributed by atoms with E-state index in [2.05, 4.69) is 6.07 Å². The molecular formula is C33H33N5O4. The predicted octanol–water partition coefficient (Wildman–Crippen LogP) is 4.71. The predicted molar refractivity (Wildman–Crippen MR) is 155 cm³/mol. The van der Waals surface area contributed by atoms with Crippen LogP contribution >= 0.6 is 0 Å². The summed E-state index contributed by atoms with van der Waals surface area (Å²) in [4.78, 5) is 31.1. The monoisotopic (exact) mass is 563 g/mol. The molecule has 1 fully saturated rings. The zero-order valence-corrected chi connectivity index (χ0v) is 23.8. The van der Waals surface area contributed by atoms with Gasteiger partial charge in [-0.25, -0.2) is 9.48 Å². The fourth-order valence-electron chi connectivity index (χ4n) is 6.73. The molecule has 9 nitrogen and oxygen atoms in total. The van der Waals surface area contributed by atoms with E-state index < -0.39 is 17.3 Å². The van der Waals surface area contributed by atoms with Crippen LogP contribution in [-0.2, 0) is 26.3 Å². The van der Waals surface area contributed by atoms with Gasteiger partial charge in [-0.05, 0) is 37.8 Å². The third-order valence-corrected chi connectivity index (χ3v) is 8.43. The standard InChI is InChI=1S/C33H33N5O4/c1-3-41-31(39)27-28(23-15-9-5-10-16-23)38(24-17-11-6-12-18-24)32(40)33(27)25(19-34)29(35)42-30-26(33)21(2)36-37(30)20-22-13-7-4-8-14-22/h4-5,7-10,13-16,24H,3,6,11-12,17-18,20,35H2,1-2H3. The highest BCUT2D eigenvalue weighted by molar-refractivity contribution is 6.19. The summed E-state index contributed by atoms with van der Waals surface area (Å²) in [5.41, 5.74) is 7.48. The van der Waals surface area contributed by atoms with Crippen molar-refractivity contribution in [3.8, 4) is 11.9 Å². The summed E-state index contributed by atoms with van der Waals surface area (Å²) in [7, 11) is 0. The van der Waals surface area contributed by atoms with Crippen molar-refractivity contribution < 1.29 is 19.1 Å². The van der Waals surface area contributed by atoms with Gasteiger partial charge in [-0.1, -0.05) is 79.9 Å². The Morgan fingerprint density at radius 1 is 1.12 bits per heavy atom. The largest absolute Gasteiger partial charge is 0.463 e. The molecule has 214 valence electrons. The number of hydrogen-bond donors (Lipinski definition) is 1. The third-order valence-electron chi connectivity index (χ3n) is 8.43. The molecular weight excluding hydrogens is 530 g/mol. The number of esters is 1. The molecule has 1 saturated carbocycles. The van der Waals surface area contributed by atoms with Gasteiger partial charge in [-0.2, -0.15) is 10.4 Å². The number of carbonyl (C=O) groups excluding carboxylic acids is 2. The number of nitrogens with zero attached hydrogens (tertiary/aromatic N) is 4. The van der Waals surface area contributed by atoms with Crippen LogP contribution in [-0.4, -0.2) is 39.2 Å². The molecule has 0 radical (unpaired) electrons. The minimum Gasteiger partial charge on any atom is -0.463 e. The Labute approximate surface area is 244 Å². The van der Waals surface area contributed by atoms with Crippen LogP contribution in [0.5, 0.6) is 5.88 Å². The highest BCUT2D eigenvalue weighted by Gasteiger charge is 2.65.